The quantitative estimate of drug-likeness (QED) is 0.233. The molecule has 2 heterocycles. The SMILES string of the molecule is COC(=O)[C@@H](NC(=O)C1(Cc2ccccc2)CCCN1C(=O)[C@@H]1CCCN1C(=O)[C@H](CO)NC(=O)OC(C)(C)C)[C@@H](C)OC(C)=O. The highest BCUT2D eigenvalue weighted by Crippen LogP contribution is 2.36. The Morgan fingerprint density at radius 2 is 1.72 bits per heavy atom. The molecule has 1 aromatic rings. The van der Waals surface area contributed by atoms with E-state index in [2.05, 4.69) is 10.6 Å². The van der Waals surface area contributed by atoms with Crippen molar-refractivity contribution >= 4 is 35.8 Å². The molecule has 2 aliphatic heterocycles. The van der Waals surface area contributed by atoms with Crippen LogP contribution in [-0.4, -0.2) is 113 Å². The Kier molecular flexibility index (Phi) is 12.1. The number of rotatable bonds is 11. The zero-order valence-electron chi connectivity index (χ0n) is 27.4. The lowest BCUT2D eigenvalue weighted by Gasteiger charge is -2.41. The summed E-state index contributed by atoms with van der Waals surface area (Å²) in [6.07, 6.45) is -0.316. The van der Waals surface area contributed by atoms with Crippen LogP contribution < -0.4 is 10.6 Å². The minimum atomic E-state index is -1.46. The first kappa shape index (κ1) is 36.3. The van der Waals surface area contributed by atoms with Gasteiger partial charge in [0.25, 0.3) is 0 Å². The third kappa shape index (κ3) is 8.74. The number of alkyl carbamates (subject to hydrolysis) is 1. The first-order valence-electron chi connectivity index (χ1n) is 15.5. The highest BCUT2D eigenvalue weighted by molar-refractivity contribution is 5.98. The first-order chi connectivity index (χ1) is 21.6. The van der Waals surface area contributed by atoms with Gasteiger partial charge < -0.3 is 39.8 Å². The van der Waals surface area contributed by atoms with Gasteiger partial charge in [-0.05, 0) is 58.9 Å². The van der Waals surface area contributed by atoms with Crippen LogP contribution in [0.1, 0.15) is 65.9 Å². The van der Waals surface area contributed by atoms with Crippen molar-refractivity contribution in [3.05, 3.63) is 35.9 Å². The smallest absolute Gasteiger partial charge is 0.408 e. The van der Waals surface area contributed by atoms with Gasteiger partial charge in [0, 0.05) is 26.4 Å². The molecule has 14 nitrogen and oxygen atoms in total. The van der Waals surface area contributed by atoms with Crippen molar-refractivity contribution in [3.8, 4) is 0 Å². The largest absolute Gasteiger partial charge is 0.467 e. The van der Waals surface area contributed by atoms with E-state index in [9.17, 15) is 33.9 Å². The minimum Gasteiger partial charge on any atom is -0.467 e. The molecule has 0 aromatic heterocycles. The van der Waals surface area contributed by atoms with Crippen LogP contribution in [0.25, 0.3) is 0 Å². The van der Waals surface area contributed by atoms with E-state index in [1.54, 1.807) is 20.8 Å². The average molecular weight is 647 g/mol. The second-order valence-electron chi connectivity index (χ2n) is 12.6. The summed E-state index contributed by atoms with van der Waals surface area (Å²) in [6.45, 7) is 7.32. The highest BCUT2D eigenvalue weighted by Gasteiger charge is 2.53. The van der Waals surface area contributed by atoms with Crippen molar-refractivity contribution in [2.75, 3.05) is 26.8 Å². The number of hydrogen-bond acceptors (Lipinski definition) is 10. The third-order valence-electron chi connectivity index (χ3n) is 8.07. The van der Waals surface area contributed by atoms with E-state index in [-0.39, 0.29) is 25.9 Å². The van der Waals surface area contributed by atoms with Crippen molar-refractivity contribution in [2.24, 2.45) is 0 Å². The van der Waals surface area contributed by atoms with Crippen molar-refractivity contribution in [2.45, 2.75) is 102 Å². The molecule has 0 aliphatic carbocycles. The molecular formula is C32H46N4O10. The lowest BCUT2D eigenvalue weighted by Crippen LogP contribution is -2.65. The van der Waals surface area contributed by atoms with E-state index in [1.807, 2.05) is 30.3 Å². The molecule has 1 aromatic carbocycles. The molecule has 5 atom stereocenters. The number of benzene rings is 1. The van der Waals surface area contributed by atoms with Crippen LogP contribution in [0.4, 0.5) is 4.79 Å². The average Bonchev–Trinajstić information content (AvgIpc) is 3.65. The third-order valence-corrected chi connectivity index (χ3v) is 8.07. The second-order valence-corrected chi connectivity index (χ2v) is 12.6. The molecule has 46 heavy (non-hydrogen) atoms. The van der Waals surface area contributed by atoms with Crippen molar-refractivity contribution < 1.29 is 48.1 Å². The topological polar surface area (TPSA) is 181 Å². The Hall–Kier alpha value is -4.20. The number of nitrogens with one attached hydrogen (secondary N) is 2. The van der Waals surface area contributed by atoms with Gasteiger partial charge in [0.05, 0.1) is 13.7 Å². The molecule has 2 fully saturated rings. The van der Waals surface area contributed by atoms with E-state index in [4.69, 9.17) is 14.2 Å². The fraction of sp³-hybridized carbons (Fsp3) is 0.625. The van der Waals surface area contributed by atoms with Crippen LogP contribution >= 0.6 is 0 Å². The van der Waals surface area contributed by atoms with Crippen molar-refractivity contribution in [3.63, 3.8) is 0 Å². The molecule has 0 spiro atoms. The standard InChI is InChI=1S/C32H46N4O10/c1-20(45-21(2)38)25(28(41)44-6)34-29(42)32(18-22-12-8-7-9-13-22)15-11-17-36(32)27(40)24-14-10-16-35(24)26(39)23(19-37)33-30(43)46-31(3,4)5/h7-9,12-13,20,23-25,37H,10-11,14-19H2,1-6H3,(H,33,43)(H,34,42)/t20-,23+,24+,25+,32?/m1/s1. The van der Waals surface area contributed by atoms with Gasteiger partial charge in [-0.1, -0.05) is 30.3 Å². The predicted molar refractivity (Wildman–Crippen MR) is 164 cm³/mol. The van der Waals surface area contributed by atoms with Gasteiger partial charge in [-0.3, -0.25) is 19.2 Å². The Bertz CT molecular complexity index is 1280. The van der Waals surface area contributed by atoms with Gasteiger partial charge in [0.15, 0.2) is 6.04 Å². The number of nitrogens with zero attached hydrogens (tertiary/aromatic N) is 2. The highest BCUT2D eigenvalue weighted by atomic mass is 16.6. The molecule has 3 N–H and O–H groups in total. The van der Waals surface area contributed by atoms with Crippen LogP contribution in [0, 0.1) is 0 Å². The zero-order valence-corrected chi connectivity index (χ0v) is 27.4. The van der Waals surface area contributed by atoms with E-state index in [0.29, 0.717) is 19.3 Å². The summed E-state index contributed by atoms with van der Waals surface area (Å²) >= 11 is 0. The maximum absolute atomic E-state index is 14.4. The monoisotopic (exact) mass is 646 g/mol. The zero-order chi connectivity index (χ0) is 34.2. The first-order valence-corrected chi connectivity index (χ1v) is 15.5. The van der Waals surface area contributed by atoms with Gasteiger partial charge in [0.2, 0.25) is 17.7 Å². The van der Waals surface area contributed by atoms with Gasteiger partial charge >= 0.3 is 18.0 Å². The maximum Gasteiger partial charge on any atom is 0.408 e. The lowest BCUT2D eigenvalue weighted by atomic mass is 9.86. The molecule has 4 amide bonds. The number of hydrogen-bond donors (Lipinski definition) is 3. The van der Waals surface area contributed by atoms with Crippen molar-refractivity contribution in [1.82, 2.24) is 20.4 Å². The molecule has 2 saturated heterocycles. The van der Waals surface area contributed by atoms with E-state index >= 15 is 0 Å². The van der Waals surface area contributed by atoms with E-state index in [1.165, 1.54) is 23.6 Å². The van der Waals surface area contributed by atoms with Crippen LogP contribution in [0.5, 0.6) is 0 Å². The summed E-state index contributed by atoms with van der Waals surface area (Å²) in [5.74, 6) is -3.23. The lowest BCUT2D eigenvalue weighted by molar-refractivity contribution is -0.159. The predicted octanol–water partition coefficient (Wildman–Crippen LogP) is 1.08. The number of methoxy groups -OCH3 is 1. The Morgan fingerprint density at radius 3 is 2.30 bits per heavy atom. The van der Waals surface area contributed by atoms with Gasteiger partial charge in [0.1, 0.15) is 29.3 Å². The number of likely N-dealkylation sites (tertiary alicyclic amines) is 2. The molecule has 0 saturated carbocycles. The van der Waals surface area contributed by atoms with Gasteiger partial charge in [-0.2, -0.15) is 0 Å². The Morgan fingerprint density at radius 1 is 1.04 bits per heavy atom. The summed E-state index contributed by atoms with van der Waals surface area (Å²) < 4.78 is 15.3. The molecule has 0 bridgehead atoms. The number of carbonyl (C=O) groups excluding carboxylic acids is 6. The summed E-state index contributed by atoms with van der Waals surface area (Å²) in [5.41, 5.74) is -1.52. The second kappa shape index (κ2) is 15.4. The molecule has 2 aliphatic rings. The minimum absolute atomic E-state index is 0.112. The number of esters is 2. The van der Waals surface area contributed by atoms with Crippen LogP contribution in [-0.2, 0) is 44.6 Å². The fourth-order valence-corrected chi connectivity index (χ4v) is 6.04. The Balaban J connectivity index is 1.94. The van der Waals surface area contributed by atoms with Crippen LogP contribution in [0.3, 0.4) is 0 Å². The summed E-state index contributed by atoms with van der Waals surface area (Å²) in [6, 6.07) is 5.46. The maximum atomic E-state index is 14.4. The molecular weight excluding hydrogens is 600 g/mol. The summed E-state index contributed by atoms with van der Waals surface area (Å²) in [7, 11) is 1.15. The molecule has 254 valence electrons. The molecule has 3 rings (SSSR count). The number of aliphatic hydroxyl groups excluding tert-OH is 1. The number of ether oxygens (including phenoxy) is 3. The Labute approximate surface area is 269 Å². The summed E-state index contributed by atoms with van der Waals surface area (Å²) in [5, 5.41) is 15.1. The molecule has 1 unspecified atom stereocenters. The van der Waals surface area contributed by atoms with Crippen molar-refractivity contribution in [1.29, 1.82) is 0 Å². The van der Waals surface area contributed by atoms with E-state index in [0.717, 1.165) is 12.7 Å². The number of aliphatic hydroxyl groups is 1. The van der Waals surface area contributed by atoms with Gasteiger partial charge in [-0.15, -0.1) is 0 Å². The van der Waals surface area contributed by atoms with E-state index < -0.39 is 77.7 Å². The molecule has 0 radical (unpaired) electrons. The van der Waals surface area contributed by atoms with Crippen LogP contribution in [0.15, 0.2) is 30.3 Å². The van der Waals surface area contributed by atoms with Crippen LogP contribution in [0.2, 0.25) is 0 Å². The fourth-order valence-electron chi connectivity index (χ4n) is 6.04. The van der Waals surface area contributed by atoms with Gasteiger partial charge in [-0.25, -0.2) is 9.59 Å². The molecule has 14 heteroatoms. The summed E-state index contributed by atoms with van der Waals surface area (Å²) in [4.78, 5) is 81.8. The number of amides is 4. The number of carbonyl (C=O) groups is 6. The normalized spacial score (nSPS) is 21.5.